The Morgan fingerprint density at radius 1 is 1.16 bits per heavy atom. The summed E-state index contributed by atoms with van der Waals surface area (Å²) in [5.41, 5.74) is 0.816. The zero-order chi connectivity index (χ0) is 19.2. The second kappa shape index (κ2) is 9.08. The standard InChI is InChI=1S/C18H30N2O4S/c1-13(2)11-20(18(21)19-14(3)4)12-16-8-7-9-17(10-16)24-25(22,23)15(5)6/h7-10,13-15H,11-12H2,1-6H3,(H,19,21). The second-order valence-corrected chi connectivity index (χ2v) is 9.25. The summed E-state index contributed by atoms with van der Waals surface area (Å²) in [5.74, 6) is 0.582. The average molecular weight is 371 g/mol. The number of amides is 2. The first-order valence-corrected chi connectivity index (χ1v) is 10.1. The number of carbonyl (C=O) groups excluding carboxylic acids is 1. The number of nitrogens with one attached hydrogen (secondary N) is 1. The van der Waals surface area contributed by atoms with Crippen molar-refractivity contribution in [2.45, 2.75) is 59.4 Å². The monoisotopic (exact) mass is 370 g/mol. The lowest BCUT2D eigenvalue weighted by molar-refractivity contribution is 0.185. The molecule has 1 N–H and O–H groups in total. The number of hydrogen-bond donors (Lipinski definition) is 1. The lowest BCUT2D eigenvalue weighted by Crippen LogP contribution is -2.44. The van der Waals surface area contributed by atoms with Gasteiger partial charge >= 0.3 is 16.1 Å². The molecule has 0 heterocycles. The van der Waals surface area contributed by atoms with Crippen molar-refractivity contribution in [3.63, 3.8) is 0 Å². The quantitative estimate of drug-likeness (QED) is 0.712. The molecule has 0 atom stereocenters. The van der Waals surface area contributed by atoms with Crippen LogP contribution < -0.4 is 9.50 Å². The highest BCUT2D eigenvalue weighted by molar-refractivity contribution is 7.87. The summed E-state index contributed by atoms with van der Waals surface area (Å²) >= 11 is 0. The maximum atomic E-state index is 12.4. The van der Waals surface area contributed by atoms with Gasteiger partial charge in [-0.05, 0) is 51.3 Å². The van der Waals surface area contributed by atoms with Gasteiger partial charge in [0.05, 0.1) is 5.25 Å². The van der Waals surface area contributed by atoms with Crippen LogP contribution in [0.4, 0.5) is 4.79 Å². The highest BCUT2D eigenvalue weighted by Crippen LogP contribution is 2.19. The summed E-state index contributed by atoms with van der Waals surface area (Å²) in [5, 5.41) is 2.28. The smallest absolute Gasteiger partial charge is 0.317 e. The topological polar surface area (TPSA) is 75.7 Å². The summed E-state index contributed by atoms with van der Waals surface area (Å²) in [6.45, 7) is 12.0. The zero-order valence-corrected chi connectivity index (χ0v) is 16.8. The van der Waals surface area contributed by atoms with E-state index in [2.05, 4.69) is 5.32 Å². The molecule has 0 aromatic heterocycles. The van der Waals surface area contributed by atoms with Crippen LogP contribution >= 0.6 is 0 Å². The van der Waals surface area contributed by atoms with E-state index in [4.69, 9.17) is 4.18 Å². The van der Waals surface area contributed by atoms with Crippen LogP contribution in [0.1, 0.15) is 47.1 Å². The Morgan fingerprint density at radius 3 is 2.32 bits per heavy atom. The molecule has 6 nitrogen and oxygen atoms in total. The van der Waals surface area contributed by atoms with Gasteiger partial charge in [-0.2, -0.15) is 8.42 Å². The van der Waals surface area contributed by atoms with Crippen molar-refractivity contribution in [1.82, 2.24) is 10.2 Å². The van der Waals surface area contributed by atoms with Gasteiger partial charge < -0.3 is 14.4 Å². The van der Waals surface area contributed by atoms with Gasteiger partial charge in [-0.1, -0.05) is 26.0 Å². The number of hydrogen-bond acceptors (Lipinski definition) is 4. The first-order chi connectivity index (χ1) is 11.5. The minimum atomic E-state index is -3.64. The van der Waals surface area contributed by atoms with Crippen LogP contribution in [0.3, 0.4) is 0 Å². The molecule has 0 radical (unpaired) electrons. The average Bonchev–Trinajstić information content (AvgIpc) is 2.45. The van der Waals surface area contributed by atoms with Crippen molar-refractivity contribution in [3.05, 3.63) is 29.8 Å². The number of rotatable bonds is 8. The highest BCUT2D eigenvalue weighted by Gasteiger charge is 2.19. The van der Waals surface area contributed by atoms with E-state index in [0.29, 0.717) is 19.0 Å². The first-order valence-electron chi connectivity index (χ1n) is 8.59. The summed E-state index contributed by atoms with van der Waals surface area (Å²) < 4.78 is 29.0. The Labute approximate surface area is 151 Å². The van der Waals surface area contributed by atoms with Gasteiger partial charge in [0.15, 0.2) is 0 Å². The molecule has 1 rings (SSSR count). The van der Waals surface area contributed by atoms with E-state index in [1.165, 1.54) is 0 Å². The summed E-state index contributed by atoms with van der Waals surface area (Å²) in [6.07, 6.45) is 0. The van der Waals surface area contributed by atoms with Crippen LogP contribution in [0.2, 0.25) is 0 Å². The SMILES string of the molecule is CC(C)CN(Cc1cccc(OS(=O)(=O)C(C)C)c1)C(=O)NC(C)C. The third-order valence-corrected chi connectivity index (χ3v) is 4.93. The molecule has 142 valence electrons. The fourth-order valence-electron chi connectivity index (χ4n) is 2.14. The van der Waals surface area contributed by atoms with Crippen molar-refractivity contribution in [3.8, 4) is 5.75 Å². The molecule has 25 heavy (non-hydrogen) atoms. The molecular weight excluding hydrogens is 340 g/mol. The molecule has 2 amide bonds. The number of nitrogens with zero attached hydrogens (tertiary/aromatic N) is 1. The Hall–Kier alpha value is -1.76. The lowest BCUT2D eigenvalue weighted by atomic mass is 10.1. The van der Waals surface area contributed by atoms with Crippen molar-refractivity contribution in [1.29, 1.82) is 0 Å². The normalized spacial score (nSPS) is 11.9. The van der Waals surface area contributed by atoms with Gasteiger partial charge in [0.25, 0.3) is 0 Å². The summed E-state index contributed by atoms with van der Waals surface area (Å²) in [7, 11) is -3.64. The summed E-state index contributed by atoms with van der Waals surface area (Å²) in [6, 6.07) is 6.76. The zero-order valence-electron chi connectivity index (χ0n) is 15.9. The van der Waals surface area contributed by atoms with E-state index in [1.54, 1.807) is 36.9 Å². The maximum Gasteiger partial charge on any atom is 0.317 e. The molecule has 0 spiro atoms. The summed E-state index contributed by atoms with van der Waals surface area (Å²) in [4.78, 5) is 14.1. The van der Waals surface area contributed by atoms with Crippen molar-refractivity contribution < 1.29 is 17.4 Å². The van der Waals surface area contributed by atoms with E-state index < -0.39 is 15.4 Å². The Balaban J connectivity index is 2.94. The predicted molar refractivity (Wildman–Crippen MR) is 100 cm³/mol. The van der Waals surface area contributed by atoms with Gasteiger partial charge in [0.2, 0.25) is 0 Å². The molecule has 0 fully saturated rings. The van der Waals surface area contributed by atoms with Crippen molar-refractivity contribution in [2.24, 2.45) is 5.92 Å². The van der Waals surface area contributed by atoms with Gasteiger partial charge in [0, 0.05) is 19.1 Å². The molecule has 1 aromatic rings. The predicted octanol–water partition coefficient (Wildman–Crippen LogP) is 3.38. The molecule has 0 aliphatic rings. The van der Waals surface area contributed by atoms with Gasteiger partial charge in [-0.15, -0.1) is 0 Å². The van der Waals surface area contributed by atoms with Crippen LogP contribution in [0, 0.1) is 5.92 Å². The Morgan fingerprint density at radius 2 is 1.80 bits per heavy atom. The van der Waals surface area contributed by atoms with E-state index in [-0.39, 0.29) is 17.8 Å². The highest BCUT2D eigenvalue weighted by atomic mass is 32.2. The molecule has 0 aliphatic heterocycles. The number of urea groups is 1. The third kappa shape index (κ3) is 7.34. The molecule has 7 heteroatoms. The van der Waals surface area contributed by atoms with E-state index >= 15 is 0 Å². The molecule has 0 aliphatic carbocycles. The third-order valence-electron chi connectivity index (χ3n) is 3.35. The van der Waals surface area contributed by atoms with Crippen LogP contribution in [0.5, 0.6) is 5.75 Å². The van der Waals surface area contributed by atoms with Crippen molar-refractivity contribution >= 4 is 16.1 Å². The molecular formula is C18H30N2O4S. The van der Waals surface area contributed by atoms with Gasteiger partial charge in [-0.3, -0.25) is 0 Å². The minimum absolute atomic E-state index is 0.0491. The number of carbonyl (C=O) groups is 1. The van der Waals surface area contributed by atoms with E-state index in [1.807, 2.05) is 33.8 Å². The van der Waals surface area contributed by atoms with Gasteiger partial charge in [0.1, 0.15) is 5.75 Å². The first kappa shape index (κ1) is 21.3. The van der Waals surface area contributed by atoms with E-state index in [0.717, 1.165) is 5.56 Å². The van der Waals surface area contributed by atoms with Gasteiger partial charge in [-0.25, -0.2) is 4.79 Å². The molecule has 0 saturated heterocycles. The van der Waals surface area contributed by atoms with Crippen LogP contribution in [0.25, 0.3) is 0 Å². The molecule has 0 bridgehead atoms. The largest absolute Gasteiger partial charge is 0.382 e. The number of benzene rings is 1. The van der Waals surface area contributed by atoms with Crippen LogP contribution in [-0.2, 0) is 16.7 Å². The van der Waals surface area contributed by atoms with Crippen LogP contribution in [-0.4, -0.2) is 37.2 Å². The molecule has 1 aromatic carbocycles. The second-order valence-electron chi connectivity index (χ2n) is 7.15. The fraction of sp³-hybridized carbons (Fsp3) is 0.611. The maximum absolute atomic E-state index is 12.4. The Kier molecular flexibility index (Phi) is 7.73. The van der Waals surface area contributed by atoms with Crippen molar-refractivity contribution in [2.75, 3.05) is 6.54 Å². The Bertz CT molecular complexity index is 669. The minimum Gasteiger partial charge on any atom is -0.382 e. The molecule has 0 saturated carbocycles. The molecule has 0 unspecified atom stereocenters. The van der Waals surface area contributed by atoms with E-state index in [9.17, 15) is 13.2 Å². The lowest BCUT2D eigenvalue weighted by Gasteiger charge is -2.26. The van der Waals surface area contributed by atoms with Crippen LogP contribution in [0.15, 0.2) is 24.3 Å². The fourth-order valence-corrected chi connectivity index (χ4v) is 2.71.